The maximum absolute atomic E-state index is 4.61. The van der Waals surface area contributed by atoms with E-state index < -0.39 is 0 Å². The van der Waals surface area contributed by atoms with E-state index in [9.17, 15) is 0 Å². The third-order valence-corrected chi connectivity index (χ3v) is 4.02. The topological polar surface area (TPSA) is 66.0 Å². The van der Waals surface area contributed by atoms with Gasteiger partial charge in [-0.1, -0.05) is 6.92 Å². The number of nitrogens with zero attached hydrogens (tertiary/aromatic N) is 4. The van der Waals surface area contributed by atoms with E-state index in [-0.39, 0.29) is 0 Å². The van der Waals surface area contributed by atoms with Gasteiger partial charge < -0.3 is 15.5 Å². The van der Waals surface area contributed by atoms with Crippen molar-refractivity contribution in [2.45, 2.75) is 45.6 Å². The highest BCUT2D eigenvalue weighted by Crippen LogP contribution is 2.32. The lowest BCUT2D eigenvalue weighted by Gasteiger charge is -2.27. The Morgan fingerprint density at radius 1 is 1.10 bits per heavy atom. The minimum Gasteiger partial charge on any atom is -0.354 e. The van der Waals surface area contributed by atoms with Crippen LogP contribution in [0.25, 0.3) is 0 Å². The Bertz CT molecular complexity index is 457. The molecule has 0 spiro atoms. The quantitative estimate of drug-likeness (QED) is 0.858. The molecule has 6 heteroatoms. The largest absolute Gasteiger partial charge is 0.354 e. The lowest BCUT2D eigenvalue weighted by molar-refractivity contribution is 0.567. The molecule has 1 aliphatic heterocycles. The molecule has 3 rings (SSSR count). The monoisotopic (exact) mass is 276 g/mol. The molecule has 0 bridgehead atoms. The van der Waals surface area contributed by atoms with Gasteiger partial charge in [0.2, 0.25) is 17.8 Å². The normalized spacial score (nSPS) is 25.4. The molecule has 1 aromatic rings. The molecule has 0 radical (unpaired) electrons. The second kappa shape index (κ2) is 5.81. The smallest absolute Gasteiger partial charge is 0.231 e. The van der Waals surface area contributed by atoms with Crippen LogP contribution in [-0.2, 0) is 0 Å². The Labute approximate surface area is 120 Å². The second-order valence-corrected chi connectivity index (χ2v) is 5.82. The molecule has 1 aliphatic carbocycles. The fourth-order valence-corrected chi connectivity index (χ4v) is 2.59. The van der Waals surface area contributed by atoms with Crippen LogP contribution in [0.1, 0.15) is 39.5 Å². The van der Waals surface area contributed by atoms with Crippen molar-refractivity contribution in [2.24, 2.45) is 5.92 Å². The van der Waals surface area contributed by atoms with Gasteiger partial charge in [-0.3, -0.25) is 0 Å². The van der Waals surface area contributed by atoms with Crippen LogP contribution in [0.15, 0.2) is 0 Å². The van der Waals surface area contributed by atoms with Crippen LogP contribution >= 0.6 is 0 Å². The van der Waals surface area contributed by atoms with Crippen molar-refractivity contribution in [3.8, 4) is 0 Å². The minimum absolute atomic E-state index is 0.529. The number of hydrogen-bond donors (Lipinski definition) is 2. The number of hydrogen-bond acceptors (Lipinski definition) is 6. The summed E-state index contributed by atoms with van der Waals surface area (Å²) in [4.78, 5) is 15.9. The summed E-state index contributed by atoms with van der Waals surface area (Å²) in [6.07, 6.45) is 4.98. The molecule has 2 N–H and O–H groups in total. The molecule has 110 valence electrons. The average Bonchev–Trinajstić information content (AvgIpc) is 3.15. The van der Waals surface area contributed by atoms with Crippen molar-refractivity contribution in [3.63, 3.8) is 0 Å². The first kappa shape index (κ1) is 13.4. The highest BCUT2D eigenvalue weighted by molar-refractivity contribution is 5.45. The van der Waals surface area contributed by atoms with Crippen LogP contribution in [0, 0.1) is 5.92 Å². The van der Waals surface area contributed by atoms with Crippen LogP contribution < -0.4 is 15.5 Å². The Morgan fingerprint density at radius 2 is 1.80 bits per heavy atom. The van der Waals surface area contributed by atoms with E-state index in [1.165, 1.54) is 25.7 Å². The summed E-state index contributed by atoms with van der Waals surface area (Å²) in [5.41, 5.74) is 0. The minimum atomic E-state index is 0.529. The van der Waals surface area contributed by atoms with Gasteiger partial charge in [-0.05, 0) is 38.5 Å². The Kier molecular flexibility index (Phi) is 3.89. The molecule has 2 atom stereocenters. The molecule has 2 heterocycles. The fourth-order valence-electron chi connectivity index (χ4n) is 2.59. The molecule has 1 saturated heterocycles. The third-order valence-electron chi connectivity index (χ3n) is 4.02. The molecule has 6 nitrogen and oxygen atoms in total. The molecular weight excluding hydrogens is 252 g/mol. The van der Waals surface area contributed by atoms with Crippen molar-refractivity contribution in [2.75, 3.05) is 35.2 Å². The van der Waals surface area contributed by atoms with Gasteiger partial charge in [-0.25, -0.2) is 0 Å². The molecule has 2 aliphatic rings. The average molecular weight is 276 g/mol. The maximum atomic E-state index is 4.61. The Hall–Kier alpha value is -1.59. The van der Waals surface area contributed by atoms with Gasteiger partial charge in [0, 0.05) is 25.7 Å². The van der Waals surface area contributed by atoms with Gasteiger partial charge in [0.05, 0.1) is 0 Å². The van der Waals surface area contributed by atoms with E-state index in [2.05, 4.69) is 44.3 Å². The van der Waals surface area contributed by atoms with Crippen molar-refractivity contribution >= 4 is 17.8 Å². The zero-order chi connectivity index (χ0) is 13.9. The van der Waals surface area contributed by atoms with Crippen LogP contribution in [0.5, 0.6) is 0 Å². The number of piperidine rings is 1. The third kappa shape index (κ3) is 3.11. The van der Waals surface area contributed by atoms with Crippen LogP contribution in [0.2, 0.25) is 0 Å². The molecule has 1 saturated carbocycles. The molecule has 0 aromatic carbocycles. The summed E-state index contributed by atoms with van der Waals surface area (Å²) in [5, 5.41) is 6.62. The number of rotatable bonds is 5. The zero-order valence-electron chi connectivity index (χ0n) is 12.4. The van der Waals surface area contributed by atoms with Gasteiger partial charge in [0.1, 0.15) is 0 Å². The first-order valence-electron chi connectivity index (χ1n) is 7.77. The SMILES string of the molecule is CCNc1nc(NC2CC2C)nc(N2CCCCC2)n1. The van der Waals surface area contributed by atoms with Crippen molar-refractivity contribution in [3.05, 3.63) is 0 Å². The van der Waals surface area contributed by atoms with E-state index in [1.807, 2.05) is 0 Å². The summed E-state index contributed by atoms with van der Waals surface area (Å²) < 4.78 is 0. The summed E-state index contributed by atoms with van der Waals surface area (Å²) >= 11 is 0. The molecule has 0 amide bonds. The molecule has 2 unspecified atom stereocenters. The maximum Gasteiger partial charge on any atom is 0.231 e. The molecule has 20 heavy (non-hydrogen) atoms. The van der Waals surface area contributed by atoms with E-state index >= 15 is 0 Å². The van der Waals surface area contributed by atoms with Crippen LogP contribution in [0.4, 0.5) is 17.8 Å². The molecular formula is C14H24N6. The summed E-state index contributed by atoms with van der Waals surface area (Å²) in [7, 11) is 0. The Balaban J connectivity index is 1.79. The number of nitrogens with one attached hydrogen (secondary N) is 2. The van der Waals surface area contributed by atoms with E-state index in [1.54, 1.807) is 0 Å². The first-order chi connectivity index (χ1) is 9.76. The van der Waals surface area contributed by atoms with Gasteiger partial charge in [0.25, 0.3) is 0 Å². The Morgan fingerprint density at radius 3 is 2.45 bits per heavy atom. The van der Waals surface area contributed by atoms with E-state index in [4.69, 9.17) is 0 Å². The van der Waals surface area contributed by atoms with Gasteiger partial charge >= 0.3 is 0 Å². The number of aromatic nitrogens is 3. The van der Waals surface area contributed by atoms with Gasteiger partial charge in [-0.15, -0.1) is 0 Å². The van der Waals surface area contributed by atoms with Crippen LogP contribution in [0.3, 0.4) is 0 Å². The van der Waals surface area contributed by atoms with E-state index in [0.717, 1.165) is 31.5 Å². The summed E-state index contributed by atoms with van der Waals surface area (Å²) in [6.45, 7) is 7.22. The highest BCUT2D eigenvalue weighted by atomic mass is 15.3. The van der Waals surface area contributed by atoms with Crippen LogP contribution in [-0.4, -0.2) is 40.6 Å². The van der Waals surface area contributed by atoms with Crippen molar-refractivity contribution in [1.82, 2.24) is 15.0 Å². The lowest BCUT2D eigenvalue weighted by atomic mass is 10.1. The van der Waals surface area contributed by atoms with Gasteiger partial charge in [0.15, 0.2) is 0 Å². The molecule has 1 aromatic heterocycles. The van der Waals surface area contributed by atoms with Crippen molar-refractivity contribution in [1.29, 1.82) is 0 Å². The summed E-state index contributed by atoms with van der Waals surface area (Å²) in [5.74, 6) is 2.93. The van der Waals surface area contributed by atoms with Crippen molar-refractivity contribution < 1.29 is 0 Å². The second-order valence-electron chi connectivity index (χ2n) is 5.82. The zero-order valence-corrected chi connectivity index (χ0v) is 12.4. The lowest BCUT2D eigenvalue weighted by Crippen LogP contribution is -2.31. The number of anilines is 3. The van der Waals surface area contributed by atoms with E-state index in [0.29, 0.717) is 17.9 Å². The fraction of sp³-hybridized carbons (Fsp3) is 0.786. The standard InChI is InChI=1S/C14H24N6/c1-3-15-12-17-13(16-11-9-10(11)2)19-14(18-12)20-7-5-4-6-8-20/h10-11H,3-9H2,1-2H3,(H2,15,16,17,18,19). The van der Waals surface area contributed by atoms with Gasteiger partial charge in [-0.2, -0.15) is 15.0 Å². The molecule has 2 fully saturated rings. The highest BCUT2D eigenvalue weighted by Gasteiger charge is 2.33. The predicted octanol–water partition coefficient (Wildman–Crippen LogP) is 2.11. The first-order valence-corrected chi connectivity index (χ1v) is 7.77. The predicted molar refractivity (Wildman–Crippen MR) is 81.2 cm³/mol. The summed E-state index contributed by atoms with van der Waals surface area (Å²) in [6, 6.07) is 0.529.